The summed E-state index contributed by atoms with van der Waals surface area (Å²) in [4.78, 5) is 41.2. The first-order valence-electron chi connectivity index (χ1n) is 12.1. The first-order chi connectivity index (χ1) is 17.8. The molecule has 1 amide bonds. The topological polar surface area (TPSA) is 85.4 Å². The molecule has 0 N–H and O–H groups in total. The van der Waals surface area contributed by atoms with E-state index in [-0.39, 0.29) is 18.5 Å². The van der Waals surface area contributed by atoms with Gasteiger partial charge in [0.15, 0.2) is 11.5 Å². The normalized spacial score (nSPS) is 15.6. The summed E-state index contributed by atoms with van der Waals surface area (Å²) in [5.74, 6) is 1.04. The summed E-state index contributed by atoms with van der Waals surface area (Å²) in [6, 6.07) is 7.10. The number of ether oxygens (including phenoxy) is 3. The molecule has 0 unspecified atom stereocenters. The Kier molecular flexibility index (Phi) is 8.62. The molecule has 4 rings (SSSR count). The van der Waals surface area contributed by atoms with Gasteiger partial charge in [-0.15, -0.1) is 23.2 Å². The molecule has 0 bridgehead atoms. The fourth-order valence-electron chi connectivity index (χ4n) is 5.25. The molecule has 0 spiro atoms. The number of benzene rings is 2. The molecular weight excluding hydrogens is 519 g/mol. The third-order valence-corrected chi connectivity index (χ3v) is 7.01. The van der Waals surface area contributed by atoms with Crippen molar-refractivity contribution in [3.8, 4) is 28.4 Å². The van der Waals surface area contributed by atoms with E-state index in [0.29, 0.717) is 67.0 Å². The quantitative estimate of drug-likeness (QED) is 0.266. The van der Waals surface area contributed by atoms with E-state index in [1.165, 1.54) is 21.0 Å². The number of carbonyl (C=O) groups excluding carboxylic acids is 3. The van der Waals surface area contributed by atoms with Crippen LogP contribution in [0.4, 0.5) is 0 Å². The minimum atomic E-state index is -0.477. The van der Waals surface area contributed by atoms with Gasteiger partial charge in [-0.3, -0.25) is 19.3 Å². The van der Waals surface area contributed by atoms with Crippen molar-refractivity contribution in [1.82, 2.24) is 9.80 Å². The Bertz CT molecular complexity index is 1210. The highest BCUT2D eigenvalue weighted by Gasteiger charge is 2.39. The minimum Gasteiger partial charge on any atom is -0.493 e. The van der Waals surface area contributed by atoms with E-state index >= 15 is 0 Å². The second-order valence-electron chi connectivity index (χ2n) is 9.07. The SMILES string of the molecule is COc1ccc2c(c1OC(C)=O)-c1cc(OC(C)=O)cc3c1[C@H](C2)N(C(=O)CN(CCCl)CCCl)CC3. The lowest BCUT2D eigenvalue weighted by Crippen LogP contribution is -2.47. The number of nitrogens with zero attached hydrogens (tertiary/aromatic N) is 2. The average molecular weight is 549 g/mol. The van der Waals surface area contributed by atoms with Crippen molar-refractivity contribution in [2.45, 2.75) is 32.7 Å². The number of methoxy groups -OCH3 is 1. The lowest BCUT2D eigenvalue weighted by atomic mass is 9.76. The highest BCUT2D eigenvalue weighted by atomic mass is 35.5. The number of halogens is 2. The maximum absolute atomic E-state index is 13.5. The van der Waals surface area contributed by atoms with E-state index in [9.17, 15) is 14.4 Å². The number of hydrogen-bond acceptors (Lipinski definition) is 7. The zero-order valence-electron chi connectivity index (χ0n) is 21.1. The van der Waals surface area contributed by atoms with Crippen LogP contribution >= 0.6 is 23.2 Å². The summed E-state index contributed by atoms with van der Waals surface area (Å²) in [6.45, 7) is 4.57. The Morgan fingerprint density at radius 3 is 2.35 bits per heavy atom. The lowest BCUT2D eigenvalue weighted by Gasteiger charge is -2.42. The zero-order valence-corrected chi connectivity index (χ0v) is 22.7. The van der Waals surface area contributed by atoms with E-state index in [2.05, 4.69) is 0 Å². The lowest BCUT2D eigenvalue weighted by molar-refractivity contribution is -0.135. The van der Waals surface area contributed by atoms with Crippen LogP contribution in [0.25, 0.3) is 11.1 Å². The predicted octanol–water partition coefficient (Wildman–Crippen LogP) is 3.97. The van der Waals surface area contributed by atoms with Gasteiger partial charge in [-0.2, -0.15) is 0 Å². The molecule has 2 aromatic carbocycles. The Morgan fingerprint density at radius 2 is 1.73 bits per heavy atom. The third-order valence-electron chi connectivity index (χ3n) is 6.67. The molecule has 1 aliphatic carbocycles. The van der Waals surface area contributed by atoms with Crippen LogP contribution in [0.1, 0.15) is 36.6 Å². The van der Waals surface area contributed by atoms with Crippen LogP contribution in [0.3, 0.4) is 0 Å². The number of carbonyl (C=O) groups is 3. The van der Waals surface area contributed by atoms with Crippen LogP contribution in [0.2, 0.25) is 0 Å². The van der Waals surface area contributed by atoms with Gasteiger partial charge >= 0.3 is 11.9 Å². The fraction of sp³-hybridized carbons (Fsp3) is 0.444. The van der Waals surface area contributed by atoms with Crippen LogP contribution < -0.4 is 14.2 Å². The van der Waals surface area contributed by atoms with Crippen molar-refractivity contribution >= 4 is 41.0 Å². The number of rotatable bonds is 9. The molecule has 0 aromatic heterocycles. The van der Waals surface area contributed by atoms with E-state index in [1.807, 2.05) is 21.9 Å². The first-order valence-corrected chi connectivity index (χ1v) is 13.2. The zero-order chi connectivity index (χ0) is 26.7. The fourth-order valence-corrected chi connectivity index (χ4v) is 5.73. The van der Waals surface area contributed by atoms with Crippen molar-refractivity contribution in [2.75, 3.05) is 45.0 Å². The maximum atomic E-state index is 13.5. The van der Waals surface area contributed by atoms with Crippen LogP contribution in [-0.2, 0) is 27.2 Å². The van der Waals surface area contributed by atoms with Crippen molar-refractivity contribution < 1.29 is 28.6 Å². The molecule has 8 nitrogen and oxygen atoms in total. The van der Waals surface area contributed by atoms with E-state index < -0.39 is 11.9 Å². The van der Waals surface area contributed by atoms with Crippen LogP contribution in [0.15, 0.2) is 24.3 Å². The summed E-state index contributed by atoms with van der Waals surface area (Å²) in [6.07, 6.45) is 1.13. The monoisotopic (exact) mass is 548 g/mol. The van der Waals surface area contributed by atoms with Gasteiger partial charge in [-0.1, -0.05) is 6.07 Å². The molecule has 0 radical (unpaired) electrons. The highest BCUT2D eigenvalue weighted by Crippen LogP contribution is 2.52. The van der Waals surface area contributed by atoms with Gasteiger partial charge in [0.25, 0.3) is 0 Å². The third kappa shape index (κ3) is 5.71. The molecular formula is C27H30Cl2N2O6. The molecule has 0 saturated carbocycles. The van der Waals surface area contributed by atoms with E-state index in [1.54, 1.807) is 12.1 Å². The van der Waals surface area contributed by atoms with Gasteiger partial charge < -0.3 is 19.1 Å². The molecule has 1 aliphatic heterocycles. The Labute approximate surface area is 226 Å². The van der Waals surface area contributed by atoms with Crippen LogP contribution in [0, 0.1) is 0 Å². The van der Waals surface area contributed by atoms with Gasteiger partial charge in [-0.05, 0) is 53.3 Å². The number of alkyl halides is 2. The molecule has 198 valence electrons. The second-order valence-corrected chi connectivity index (χ2v) is 9.83. The van der Waals surface area contributed by atoms with Gasteiger partial charge in [0.05, 0.1) is 19.7 Å². The predicted molar refractivity (Wildman–Crippen MR) is 141 cm³/mol. The molecule has 37 heavy (non-hydrogen) atoms. The maximum Gasteiger partial charge on any atom is 0.308 e. The van der Waals surface area contributed by atoms with Crippen molar-refractivity contribution in [3.63, 3.8) is 0 Å². The largest absolute Gasteiger partial charge is 0.493 e. The smallest absolute Gasteiger partial charge is 0.308 e. The number of hydrogen-bond donors (Lipinski definition) is 0. The molecule has 0 saturated heterocycles. The van der Waals surface area contributed by atoms with Gasteiger partial charge in [0.2, 0.25) is 5.91 Å². The summed E-state index contributed by atoms with van der Waals surface area (Å²) < 4.78 is 16.6. The Balaban J connectivity index is 1.83. The van der Waals surface area contributed by atoms with Crippen molar-refractivity contribution in [3.05, 3.63) is 41.0 Å². The van der Waals surface area contributed by atoms with E-state index in [0.717, 1.165) is 22.3 Å². The summed E-state index contributed by atoms with van der Waals surface area (Å²) in [5.41, 5.74) is 4.31. The highest BCUT2D eigenvalue weighted by molar-refractivity contribution is 6.18. The van der Waals surface area contributed by atoms with Crippen molar-refractivity contribution in [1.29, 1.82) is 0 Å². The summed E-state index contributed by atoms with van der Waals surface area (Å²) in [7, 11) is 1.51. The van der Waals surface area contributed by atoms with Gasteiger partial charge in [0, 0.05) is 50.8 Å². The number of amides is 1. The first kappa shape index (κ1) is 27.2. The molecule has 1 atom stereocenters. The van der Waals surface area contributed by atoms with Crippen molar-refractivity contribution in [2.24, 2.45) is 0 Å². The number of fused-ring (bicyclic) bond motifs is 2. The molecule has 1 heterocycles. The standard InChI is InChI=1S/C27H30Cl2N2O6/c1-16(32)36-20-12-19-6-9-31(24(34)15-30(10-7-28)11-8-29)22-13-18-4-5-23(35-3)27(37-17(2)33)26(18)21(14-20)25(19)22/h4-5,12,14,22H,6-11,13,15H2,1-3H3/t22-/m0/s1. The van der Waals surface area contributed by atoms with Crippen LogP contribution in [-0.4, -0.2) is 72.7 Å². The Hall–Kier alpha value is -2.81. The number of esters is 2. The second kappa shape index (κ2) is 11.7. The summed E-state index contributed by atoms with van der Waals surface area (Å²) >= 11 is 11.9. The summed E-state index contributed by atoms with van der Waals surface area (Å²) in [5, 5.41) is 0. The molecule has 2 aromatic rings. The van der Waals surface area contributed by atoms with Crippen LogP contribution in [0.5, 0.6) is 17.2 Å². The minimum absolute atomic E-state index is 0.00179. The molecule has 0 fully saturated rings. The Morgan fingerprint density at radius 1 is 1.03 bits per heavy atom. The average Bonchev–Trinajstić information content (AvgIpc) is 2.83. The molecule has 10 heteroatoms. The van der Waals surface area contributed by atoms with Gasteiger partial charge in [-0.25, -0.2) is 0 Å². The molecule has 2 aliphatic rings. The van der Waals surface area contributed by atoms with E-state index in [4.69, 9.17) is 37.4 Å². The van der Waals surface area contributed by atoms with Gasteiger partial charge in [0.1, 0.15) is 5.75 Å².